The molecule has 2 aromatic carbocycles. The molecule has 1 amide bonds. The van der Waals surface area contributed by atoms with Crippen molar-refractivity contribution >= 4 is 27.5 Å². The largest absolute Gasteiger partial charge is 0.326 e. The van der Waals surface area contributed by atoms with Crippen molar-refractivity contribution in [2.45, 2.75) is 33.2 Å². The van der Waals surface area contributed by atoms with Crippen LogP contribution < -0.4 is 5.32 Å². The second-order valence-electron chi connectivity index (χ2n) is 6.99. The first kappa shape index (κ1) is 18.2. The van der Waals surface area contributed by atoms with Crippen molar-refractivity contribution in [3.63, 3.8) is 0 Å². The van der Waals surface area contributed by atoms with Crippen molar-refractivity contribution < 1.29 is 4.79 Å². The van der Waals surface area contributed by atoms with Crippen LogP contribution in [0.3, 0.4) is 0 Å². The summed E-state index contributed by atoms with van der Waals surface area (Å²) in [7, 11) is 0. The van der Waals surface area contributed by atoms with Crippen LogP contribution in [0.15, 0.2) is 46.9 Å². The van der Waals surface area contributed by atoms with E-state index in [1.54, 1.807) is 0 Å². The lowest BCUT2D eigenvalue weighted by atomic mass is 9.95. The Balaban J connectivity index is 1.53. The van der Waals surface area contributed by atoms with Gasteiger partial charge in [0.15, 0.2) is 0 Å². The summed E-state index contributed by atoms with van der Waals surface area (Å²) in [5.41, 5.74) is 4.55. The molecule has 1 heterocycles. The molecule has 0 bridgehead atoms. The summed E-state index contributed by atoms with van der Waals surface area (Å²) in [4.78, 5) is 15.0. The molecule has 0 aliphatic carbocycles. The van der Waals surface area contributed by atoms with Crippen molar-refractivity contribution in [1.29, 1.82) is 0 Å². The van der Waals surface area contributed by atoms with Gasteiger partial charge in [-0.1, -0.05) is 40.2 Å². The molecule has 0 unspecified atom stereocenters. The Morgan fingerprint density at radius 2 is 1.92 bits per heavy atom. The smallest absolute Gasteiger partial charge is 0.227 e. The third-order valence-corrected chi connectivity index (χ3v) is 5.40. The predicted molar refractivity (Wildman–Crippen MR) is 107 cm³/mol. The first-order chi connectivity index (χ1) is 12.0. The van der Waals surface area contributed by atoms with Gasteiger partial charge >= 0.3 is 0 Å². The van der Waals surface area contributed by atoms with E-state index in [9.17, 15) is 4.79 Å². The van der Waals surface area contributed by atoms with E-state index in [0.29, 0.717) is 0 Å². The van der Waals surface area contributed by atoms with Gasteiger partial charge < -0.3 is 5.32 Å². The van der Waals surface area contributed by atoms with Crippen LogP contribution in [0.4, 0.5) is 5.69 Å². The number of carbonyl (C=O) groups is 1. The maximum absolute atomic E-state index is 12.6. The van der Waals surface area contributed by atoms with E-state index in [1.165, 1.54) is 11.1 Å². The minimum absolute atomic E-state index is 0.110. The zero-order valence-electron chi connectivity index (χ0n) is 14.9. The second kappa shape index (κ2) is 8.15. The third kappa shape index (κ3) is 4.93. The molecule has 0 saturated carbocycles. The normalized spacial score (nSPS) is 16.0. The van der Waals surface area contributed by atoms with Crippen LogP contribution in [0.25, 0.3) is 0 Å². The quantitative estimate of drug-likeness (QED) is 0.789. The van der Waals surface area contributed by atoms with Gasteiger partial charge in [-0.2, -0.15) is 0 Å². The molecule has 132 valence electrons. The van der Waals surface area contributed by atoms with Gasteiger partial charge in [0, 0.05) is 22.6 Å². The summed E-state index contributed by atoms with van der Waals surface area (Å²) in [6, 6.07) is 14.6. The molecule has 1 saturated heterocycles. The topological polar surface area (TPSA) is 32.3 Å². The number of nitrogens with one attached hydrogen (secondary N) is 1. The van der Waals surface area contributed by atoms with Crippen molar-refractivity contribution in [1.82, 2.24) is 4.90 Å². The van der Waals surface area contributed by atoms with E-state index in [2.05, 4.69) is 69.5 Å². The monoisotopic (exact) mass is 400 g/mol. The summed E-state index contributed by atoms with van der Waals surface area (Å²) in [6.45, 7) is 6.98. The fraction of sp³-hybridized carbons (Fsp3) is 0.381. The van der Waals surface area contributed by atoms with Gasteiger partial charge in [0.2, 0.25) is 5.91 Å². The fourth-order valence-electron chi connectivity index (χ4n) is 3.35. The summed E-state index contributed by atoms with van der Waals surface area (Å²) in [5, 5.41) is 3.13. The van der Waals surface area contributed by atoms with Crippen LogP contribution in [0, 0.1) is 19.8 Å². The summed E-state index contributed by atoms with van der Waals surface area (Å²) >= 11 is 3.53. The first-order valence-corrected chi connectivity index (χ1v) is 9.65. The van der Waals surface area contributed by atoms with E-state index < -0.39 is 0 Å². The molecule has 25 heavy (non-hydrogen) atoms. The van der Waals surface area contributed by atoms with E-state index in [1.807, 2.05) is 13.0 Å². The van der Waals surface area contributed by atoms with E-state index in [-0.39, 0.29) is 11.8 Å². The number of hydrogen-bond donors (Lipinski definition) is 1. The number of amides is 1. The minimum Gasteiger partial charge on any atom is -0.326 e. The highest BCUT2D eigenvalue weighted by molar-refractivity contribution is 9.10. The van der Waals surface area contributed by atoms with Crippen LogP contribution in [-0.4, -0.2) is 23.9 Å². The van der Waals surface area contributed by atoms with Crippen LogP contribution >= 0.6 is 15.9 Å². The number of carbonyl (C=O) groups excluding carboxylic acids is 1. The van der Waals surface area contributed by atoms with Crippen molar-refractivity contribution in [2.75, 3.05) is 18.4 Å². The number of hydrogen-bond acceptors (Lipinski definition) is 2. The van der Waals surface area contributed by atoms with Crippen LogP contribution in [0.2, 0.25) is 0 Å². The molecule has 0 radical (unpaired) electrons. The Bertz CT molecular complexity index is 751. The Kier molecular flexibility index (Phi) is 5.92. The molecular formula is C21H25BrN2O. The molecule has 0 aromatic heterocycles. The molecular weight excluding hydrogens is 376 g/mol. The molecule has 4 heteroatoms. The maximum Gasteiger partial charge on any atom is 0.227 e. The van der Waals surface area contributed by atoms with E-state index >= 15 is 0 Å². The van der Waals surface area contributed by atoms with Crippen LogP contribution in [-0.2, 0) is 11.3 Å². The SMILES string of the molecule is Cc1ccc(C)c(NC(=O)C2CCN(Cc3cccc(Br)c3)CC2)c1. The standard InChI is InChI=1S/C21H25BrN2O/c1-15-6-7-16(2)20(12-15)23-21(25)18-8-10-24(11-9-18)14-17-4-3-5-19(22)13-17/h3-7,12-13,18H,8-11,14H2,1-2H3,(H,23,25). The van der Waals surface area contributed by atoms with Gasteiger partial charge in [-0.3, -0.25) is 9.69 Å². The lowest BCUT2D eigenvalue weighted by molar-refractivity contribution is -0.121. The lowest BCUT2D eigenvalue weighted by Gasteiger charge is -2.31. The number of halogens is 1. The zero-order valence-corrected chi connectivity index (χ0v) is 16.5. The number of rotatable bonds is 4. The summed E-state index contributed by atoms with van der Waals surface area (Å²) < 4.78 is 1.12. The van der Waals surface area contributed by atoms with Gasteiger partial charge in [0.05, 0.1) is 0 Å². The molecule has 3 rings (SSSR count). The number of anilines is 1. The van der Waals surface area contributed by atoms with E-state index in [4.69, 9.17) is 0 Å². The Morgan fingerprint density at radius 3 is 2.64 bits per heavy atom. The van der Waals surface area contributed by atoms with E-state index in [0.717, 1.165) is 48.2 Å². The molecule has 0 atom stereocenters. The van der Waals surface area contributed by atoms with Crippen LogP contribution in [0.5, 0.6) is 0 Å². The molecule has 1 aliphatic heterocycles. The van der Waals surface area contributed by atoms with Gasteiger partial charge in [0.25, 0.3) is 0 Å². The minimum atomic E-state index is 0.110. The summed E-state index contributed by atoms with van der Waals surface area (Å²) in [5.74, 6) is 0.273. The highest BCUT2D eigenvalue weighted by Gasteiger charge is 2.25. The highest BCUT2D eigenvalue weighted by Crippen LogP contribution is 2.23. The zero-order chi connectivity index (χ0) is 17.8. The second-order valence-corrected chi connectivity index (χ2v) is 7.90. The molecule has 3 nitrogen and oxygen atoms in total. The van der Waals surface area contributed by atoms with Crippen LogP contribution in [0.1, 0.15) is 29.5 Å². The average molecular weight is 401 g/mol. The number of likely N-dealkylation sites (tertiary alicyclic amines) is 1. The molecule has 1 fully saturated rings. The Morgan fingerprint density at radius 1 is 1.16 bits per heavy atom. The van der Waals surface area contributed by atoms with Crippen molar-refractivity contribution in [3.8, 4) is 0 Å². The first-order valence-electron chi connectivity index (χ1n) is 8.86. The van der Waals surface area contributed by atoms with Gasteiger partial charge in [-0.05, 0) is 74.7 Å². The molecule has 0 spiro atoms. The predicted octanol–water partition coefficient (Wildman–Crippen LogP) is 4.92. The molecule has 2 aromatic rings. The highest BCUT2D eigenvalue weighted by atomic mass is 79.9. The van der Waals surface area contributed by atoms with Crippen molar-refractivity contribution in [3.05, 3.63) is 63.6 Å². The Hall–Kier alpha value is -1.65. The fourth-order valence-corrected chi connectivity index (χ4v) is 3.80. The number of aryl methyl sites for hydroxylation is 2. The molecule has 1 aliphatic rings. The van der Waals surface area contributed by atoms with Gasteiger partial charge in [0.1, 0.15) is 0 Å². The number of benzene rings is 2. The van der Waals surface area contributed by atoms with Crippen molar-refractivity contribution in [2.24, 2.45) is 5.92 Å². The average Bonchev–Trinajstić information content (AvgIpc) is 2.59. The third-order valence-electron chi connectivity index (χ3n) is 4.90. The molecule has 1 N–H and O–H groups in total. The lowest BCUT2D eigenvalue weighted by Crippen LogP contribution is -2.37. The van der Waals surface area contributed by atoms with Gasteiger partial charge in [-0.25, -0.2) is 0 Å². The number of nitrogens with zero attached hydrogens (tertiary/aromatic N) is 1. The number of piperidine rings is 1. The maximum atomic E-state index is 12.6. The summed E-state index contributed by atoms with van der Waals surface area (Å²) in [6.07, 6.45) is 1.84. The van der Waals surface area contributed by atoms with Gasteiger partial charge in [-0.15, -0.1) is 0 Å². The Labute approximate surface area is 158 Å².